The Morgan fingerprint density at radius 3 is 2.33 bits per heavy atom. The Bertz CT molecular complexity index is 1020. The summed E-state index contributed by atoms with van der Waals surface area (Å²) in [7, 11) is 0. The van der Waals surface area contributed by atoms with Gasteiger partial charge in [-0.15, -0.1) is 0 Å². The summed E-state index contributed by atoms with van der Waals surface area (Å²) in [5.41, 5.74) is 5.36. The van der Waals surface area contributed by atoms with Crippen LogP contribution in [-0.2, 0) is 11.2 Å². The molecule has 4 rings (SSSR count). The standard InChI is InChI=1S/C24H27ClN4O/c1-18-21(19(2)29(26-18)20-8-4-3-5-9-20)12-13-24(30)28-16-14-27(15-17-28)23-11-7-6-10-22(23)25/h3-11H,12-17H2,1-2H3. The van der Waals surface area contributed by atoms with Crippen LogP contribution in [0.25, 0.3) is 5.69 Å². The zero-order valence-electron chi connectivity index (χ0n) is 17.5. The van der Waals surface area contributed by atoms with Crippen LogP contribution in [0.5, 0.6) is 0 Å². The first-order valence-electron chi connectivity index (χ1n) is 10.4. The highest BCUT2D eigenvalue weighted by Gasteiger charge is 2.23. The van der Waals surface area contributed by atoms with Crippen molar-refractivity contribution in [1.82, 2.24) is 14.7 Å². The SMILES string of the molecule is Cc1nn(-c2ccccc2)c(C)c1CCC(=O)N1CCN(c2ccccc2Cl)CC1. The van der Waals surface area contributed by atoms with Crippen molar-refractivity contribution in [2.24, 2.45) is 0 Å². The molecule has 0 spiro atoms. The number of hydrogen-bond acceptors (Lipinski definition) is 3. The van der Waals surface area contributed by atoms with Crippen molar-refractivity contribution in [2.45, 2.75) is 26.7 Å². The maximum absolute atomic E-state index is 12.8. The van der Waals surface area contributed by atoms with E-state index in [9.17, 15) is 4.79 Å². The van der Waals surface area contributed by atoms with Crippen LogP contribution in [0.1, 0.15) is 23.4 Å². The summed E-state index contributed by atoms with van der Waals surface area (Å²) < 4.78 is 1.97. The van der Waals surface area contributed by atoms with Gasteiger partial charge in [0.25, 0.3) is 0 Å². The number of para-hydroxylation sites is 2. The quantitative estimate of drug-likeness (QED) is 0.611. The van der Waals surface area contributed by atoms with E-state index in [2.05, 4.69) is 11.8 Å². The lowest BCUT2D eigenvalue weighted by Crippen LogP contribution is -2.49. The van der Waals surface area contributed by atoms with Crippen LogP contribution in [0.15, 0.2) is 54.6 Å². The average Bonchev–Trinajstić information content (AvgIpc) is 3.06. The predicted molar refractivity (Wildman–Crippen MR) is 122 cm³/mol. The van der Waals surface area contributed by atoms with Crippen molar-refractivity contribution < 1.29 is 4.79 Å². The van der Waals surface area contributed by atoms with Crippen LogP contribution in [0.2, 0.25) is 5.02 Å². The molecule has 1 fully saturated rings. The number of amides is 1. The van der Waals surface area contributed by atoms with E-state index >= 15 is 0 Å². The molecule has 156 valence electrons. The van der Waals surface area contributed by atoms with E-state index in [1.807, 2.05) is 71.1 Å². The molecular weight excluding hydrogens is 396 g/mol. The van der Waals surface area contributed by atoms with E-state index in [1.165, 1.54) is 5.56 Å². The Morgan fingerprint density at radius 1 is 0.967 bits per heavy atom. The number of benzene rings is 2. The first kappa shape index (κ1) is 20.5. The van der Waals surface area contributed by atoms with Gasteiger partial charge in [0, 0.05) is 38.3 Å². The number of hydrogen-bond donors (Lipinski definition) is 0. The first-order chi connectivity index (χ1) is 14.5. The lowest BCUT2D eigenvalue weighted by molar-refractivity contribution is -0.131. The summed E-state index contributed by atoms with van der Waals surface area (Å²) in [5.74, 6) is 0.208. The van der Waals surface area contributed by atoms with Gasteiger partial charge in [0.1, 0.15) is 0 Å². The van der Waals surface area contributed by atoms with Gasteiger partial charge in [-0.05, 0) is 50.1 Å². The van der Waals surface area contributed by atoms with Gasteiger partial charge < -0.3 is 9.80 Å². The van der Waals surface area contributed by atoms with Crippen LogP contribution in [0.4, 0.5) is 5.69 Å². The molecule has 30 heavy (non-hydrogen) atoms. The van der Waals surface area contributed by atoms with Crippen LogP contribution >= 0.6 is 11.6 Å². The highest BCUT2D eigenvalue weighted by atomic mass is 35.5. The van der Waals surface area contributed by atoms with Crippen LogP contribution in [0.3, 0.4) is 0 Å². The molecular formula is C24H27ClN4O. The Morgan fingerprint density at radius 2 is 1.63 bits per heavy atom. The van der Waals surface area contributed by atoms with Gasteiger partial charge >= 0.3 is 0 Å². The topological polar surface area (TPSA) is 41.4 Å². The predicted octanol–water partition coefficient (Wildman–Crippen LogP) is 4.42. The third-order valence-corrected chi connectivity index (χ3v) is 6.18. The summed E-state index contributed by atoms with van der Waals surface area (Å²) in [4.78, 5) is 17.1. The molecule has 1 aliphatic rings. The monoisotopic (exact) mass is 422 g/mol. The number of nitrogens with zero attached hydrogens (tertiary/aromatic N) is 4. The molecule has 5 nitrogen and oxygen atoms in total. The molecule has 1 aromatic heterocycles. The maximum Gasteiger partial charge on any atom is 0.223 e. The van der Waals surface area contributed by atoms with E-state index in [0.29, 0.717) is 12.8 Å². The molecule has 3 aromatic rings. The van der Waals surface area contributed by atoms with Crippen molar-refractivity contribution >= 4 is 23.2 Å². The minimum Gasteiger partial charge on any atom is -0.367 e. The van der Waals surface area contributed by atoms with Crippen molar-refractivity contribution in [3.63, 3.8) is 0 Å². The maximum atomic E-state index is 12.8. The Labute approximate surface area is 182 Å². The third-order valence-electron chi connectivity index (χ3n) is 5.86. The number of aryl methyl sites for hydroxylation is 1. The van der Waals surface area contributed by atoms with Gasteiger partial charge in [0.15, 0.2) is 0 Å². The lowest BCUT2D eigenvalue weighted by Gasteiger charge is -2.36. The van der Waals surface area contributed by atoms with Gasteiger partial charge in [0.2, 0.25) is 5.91 Å². The molecule has 0 atom stereocenters. The number of aromatic nitrogens is 2. The summed E-state index contributed by atoms with van der Waals surface area (Å²) >= 11 is 6.32. The number of carbonyl (C=O) groups excluding carboxylic acids is 1. The minimum absolute atomic E-state index is 0.208. The minimum atomic E-state index is 0.208. The number of rotatable bonds is 5. The first-order valence-corrected chi connectivity index (χ1v) is 10.8. The number of halogens is 1. The normalized spacial score (nSPS) is 14.2. The van der Waals surface area contributed by atoms with E-state index in [4.69, 9.17) is 16.7 Å². The zero-order chi connectivity index (χ0) is 21.1. The second-order valence-electron chi connectivity index (χ2n) is 7.72. The summed E-state index contributed by atoms with van der Waals surface area (Å²) in [6.07, 6.45) is 1.22. The molecule has 0 bridgehead atoms. The summed E-state index contributed by atoms with van der Waals surface area (Å²) in [5, 5.41) is 5.46. The van der Waals surface area contributed by atoms with Crippen molar-refractivity contribution in [3.05, 3.63) is 76.6 Å². The molecule has 2 aromatic carbocycles. The fourth-order valence-corrected chi connectivity index (χ4v) is 4.41. The number of carbonyl (C=O) groups is 1. The molecule has 1 amide bonds. The van der Waals surface area contributed by atoms with Gasteiger partial charge in [-0.25, -0.2) is 4.68 Å². The van der Waals surface area contributed by atoms with Crippen molar-refractivity contribution in [3.8, 4) is 5.69 Å². The van der Waals surface area contributed by atoms with Crippen molar-refractivity contribution in [1.29, 1.82) is 0 Å². The lowest BCUT2D eigenvalue weighted by atomic mass is 10.1. The molecule has 1 saturated heterocycles. The molecule has 2 heterocycles. The highest BCUT2D eigenvalue weighted by molar-refractivity contribution is 6.33. The van der Waals surface area contributed by atoms with E-state index in [-0.39, 0.29) is 5.91 Å². The number of piperazine rings is 1. The Balaban J connectivity index is 1.36. The van der Waals surface area contributed by atoms with E-state index < -0.39 is 0 Å². The average molecular weight is 423 g/mol. The summed E-state index contributed by atoms with van der Waals surface area (Å²) in [6.45, 7) is 7.17. The van der Waals surface area contributed by atoms with E-state index in [1.54, 1.807) is 0 Å². The van der Waals surface area contributed by atoms with Gasteiger partial charge in [-0.3, -0.25) is 4.79 Å². The second-order valence-corrected chi connectivity index (χ2v) is 8.12. The van der Waals surface area contributed by atoms with Crippen molar-refractivity contribution in [2.75, 3.05) is 31.1 Å². The molecule has 0 aliphatic carbocycles. The highest BCUT2D eigenvalue weighted by Crippen LogP contribution is 2.26. The molecule has 0 radical (unpaired) electrons. The largest absolute Gasteiger partial charge is 0.367 e. The van der Waals surface area contributed by atoms with Gasteiger partial charge in [0.05, 0.1) is 22.1 Å². The molecule has 6 heteroatoms. The fraction of sp³-hybridized carbons (Fsp3) is 0.333. The van der Waals surface area contributed by atoms with Crippen LogP contribution in [-0.4, -0.2) is 46.8 Å². The van der Waals surface area contributed by atoms with Crippen LogP contribution in [0, 0.1) is 13.8 Å². The Kier molecular flexibility index (Phi) is 6.09. The molecule has 0 saturated carbocycles. The molecule has 0 N–H and O–H groups in total. The third kappa shape index (κ3) is 4.21. The fourth-order valence-electron chi connectivity index (χ4n) is 4.15. The molecule has 0 unspecified atom stereocenters. The van der Waals surface area contributed by atoms with Crippen LogP contribution < -0.4 is 4.90 Å². The number of anilines is 1. The zero-order valence-corrected chi connectivity index (χ0v) is 18.3. The van der Waals surface area contributed by atoms with E-state index in [0.717, 1.165) is 54.0 Å². The van der Waals surface area contributed by atoms with Gasteiger partial charge in [-0.1, -0.05) is 41.9 Å². The molecule has 1 aliphatic heterocycles. The smallest absolute Gasteiger partial charge is 0.223 e. The van der Waals surface area contributed by atoms with Gasteiger partial charge in [-0.2, -0.15) is 5.10 Å². The summed E-state index contributed by atoms with van der Waals surface area (Å²) in [6, 6.07) is 18.0. The Hall–Kier alpha value is -2.79. The second kappa shape index (κ2) is 8.92.